The van der Waals surface area contributed by atoms with E-state index in [-0.39, 0.29) is 0 Å². The lowest BCUT2D eigenvalue weighted by atomic mass is 10.1. The van der Waals surface area contributed by atoms with Crippen molar-refractivity contribution in [1.82, 2.24) is 9.97 Å². The van der Waals surface area contributed by atoms with Gasteiger partial charge in [0, 0.05) is 30.1 Å². The van der Waals surface area contributed by atoms with E-state index in [0.717, 1.165) is 17.2 Å². The fourth-order valence-corrected chi connectivity index (χ4v) is 2.66. The maximum absolute atomic E-state index is 5.34. The number of anilines is 3. The van der Waals surface area contributed by atoms with E-state index in [9.17, 15) is 0 Å². The maximum Gasteiger partial charge on any atom is 0.229 e. The molecule has 0 radical (unpaired) electrons. The Morgan fingerprint density at radius 1 is 0.852 bits per heavy atom. The molecule has 0 fully saturated rings. The molecule has 0 aliphatic carbocycles. The van der Waals surface area contributed by atoms with E-state index in [1.807, 2.05) is 31.2 Å². The van der Waals surface area contributed by atoms with Crippen LogP contribution in [0.1, 0.15) is 16.8 Å². The molecule has 6 heteroatoms. The summed E-state index contributed by atoms with van der Waals surface area (Å²) in [5.74, 6) is 2.61. The van der Waals surface area contributed by atoms with E-state index < -0.39 is 0 Å². The second-order valence-corrected chi connectivity index (χ2v) is 6.25. The number of hydrogen-bond acceptors (Lipinski definition) is 6. The highest BCUT2D eigenvalue weighted by molar-refractivity contribution is 5.60. The number of benzene rings is 2. The Labute approximate surface area is 159 Å². The molecule has 2 N–H and O–H groups in total. The maximum atomic E-state index is 5.34. The van der Waals surface area contributed by atoms with Crippen LogP contribution < -0.4 is 20.1 Å². The van der Waals surface area contributed by atoms with Crippen molar-refractivity contribution in [1.29, 1.82) is 0 Å². The first kappa shape index (κ1) is 18.5. The summed E-state index contributed by atoms with van der Waals surface area (Å²) in [7, 11) is 3.22. The second-order valence-electron chi connectivity index (χ2n) is 6.25. The average Bonchev–Trinajstić information content (AvgIpc) is 2.67. The summed E-state index contributed by atoms with van der Waals surface area (Å²) in [4.78, 5) is 9.01. The Hall–Kier alpha value is -3.28. The van der Waals surface area contributed by atoms with Crippen LogP contribution in [0.4, 0.5) is 17.5 Å². The predicted octanol–water partition coefficient (Wildman–Crippen LogP) is 4.47. The minimum absolute atomic E-state index is 0.522. The zero-order valence-corrected chi connectivity index (χ0v) is 16.0. The van der Waals surface area contributed by atoms with Crippen molar-refractivity contribution >= 4 is 17.5 Å². The van der Waals surface area contributed by atoms with Crippen LogP contribution in [0.5, 0.6) is 11.5 Å². The summed E-state index contributed by atoms with van der Waals surface area (Å²) < 4.78 is 10.6. The number of rotatable bonds is 7. The zero-order chi connectivity index (χ0) is 19.2. The van der Waals surface area contributed by atoms with Crippen molar-refractivity contribution in [3.05, 3.63) is 65.4 Å². The highest BCUT2D eigenvalue weighted by atomic mass is 16.5. The number of aryl methyl sites for hydroxylation is 2. The molecule has 0 bridgehead atoms. The Balaban J connectivity index is 1.74. The third-order valence-corrected chi connectivity index (χ3v) is 4.09. The van der Waals surface area contributed by atoms with E-state index in [1.54, 1.807) is 14.2 Å². The van der Waals surface area contributed by atoms with Crippen LogP contribution in [0.15, 0.2) is 48.5 Å². The van der Waals surface area contributed by atoms with E-state index in [0.29, 0.717) is 24.0 Å². The molecule has 3 aromatic rings. The molecule has 0 aliphatic heterocycles. The van der Waals surface area contributed by atoms with Crippen LogP contribution in [0, 0.1) is 13.8 Å². The molecule has 0 saturated heterocycles. The SMILES string of the molecule is COc1ccc(Nc2nc(C)cc(NCc3ccc(C)cc3)n2)cc1OC. The first-order valence-corrected chi connectivity index (χ1v) is 8.71. The number of nitrogens with zero attached hydrogens (tertiary/aromatic N) is 2. The summed E-state index contributed by atoms with van der Waals surface area (Å²) in [6, 6.07) is 15.9. The summed E-state index contributed by atoms with van der Waals surface area (Å²) in [5.41, 5.74) is 4.14. The summed E-state index contributed by atoms with van der Waals surface area (Å²) >= 11 is 0. The van der Waals surface area contributed by atoms with Crippen LogP contribution in [-0.4, -0.2) is 24.2 Å². The van der Waals surface area contributed by atoms with Gasteiger partial charge in [0.1, 0.15) is 5.82 Å². The van der Waals surface area contributed by atoms with Crippen molar-refractivity contribution in [3.63, 3.8) is 0 Å². The minimum atomic E-state index is 0.522. The Morgan fingerprint density at radius 3 is 2.30 bits per heavy atom. The minimum Gasteiger partial charge on any atom is -0.493 e. The van der Waals surface area contributed by atoms with E-state index in [1.165, 1.54) is 11.1 Å². The van der Waals surface area contributed by atoms with Crippen LogP contribution in [-0.2, 0) is 6.54 Å². The fourth-order valence-electron chi connectivity index (χ4n) is 2.66. The molecule has 0 atom stereocenters. The largest absolute Gasteiger partial charge is 0.493 e. The van der Waals surface area contributed by atoms with Crippen molar-refractivity contribution in [2.45, 2.75) is 20.4 Å². The predicted molar refractivity (Wildman–Crippen MR) is 108 cm³/mol. The number of methoxy groups -OCH3 is 2. The first-order chi connectivity index (χ1) is 13.1. The highest BCUT2D eigenvalue weighted by Crippen LogP contribution is 2.30. The smallest absolute Gasteiger partial charge is 0.229 e. The summed E-state index contributed by atoms with van der Waals surface area (Å²) in [5, 5.41) is 6.57. The van der Waals surface area contributed by atoms with Crippen LogP contribution in [0.25, 0.3) is 0 Å². The van der Waals surface area contributed by atoms with Gasteiger partial charge in [0.05, 0.1) is 14.2 Å². The van der Waals surface area contributed by atoms with Crippen LogP contribution in [0.2, 0.25) is 0 Å². The molecule has 3 rings (SSSR count). The molecule has 140 valence electrons. The summed E-state index contributed by atoms with van der Waals surface area (Å²) in [6.45, 7) is 4.72. The molecule has 1 aromatic heterocycles. The van der Waals surface area contributed by atoms with Gasteiger partial charge < -0.3 is 20.1 Å². The normalized spacial score (nSPS) is 10.4. The number of aromatic nitrogens is 2. The third kappa shape index (κ3) is 4.88. The van der Waals surface area contributed by atoms with Gasteiger partial charge in [-0.2, -0.15) is 4.98 Å². The Morgan fingerprint density at radius 2 is 1.59 bits per heavy atom. The molecule has 0 aliphatic rings. The fraction of sp³-hybridized carbons (Fsp3) is 0.238. The molecule has 0 unspecified atom stereocenters. The standard InChI is InChI=1S/C21H24N4O2/c1-14-5-7-16(8-6-14)13-22-20-11-15(2)23-21(25-20)24-17-9-10-18(26-3)19(12-17)27-4/h5-12H,13H2,1-4H3,(H2,22,23,24,25). The average molecular weight is 364 g/mol. The number of nitrogens with one attached hydrogen (secondary N) is 2. The lowest BCUT2D eigenvalue weighted by molar-refractivity contribution is 0.355. The highest BCUT2D eigenvalue weighted by Gasteiger charge is 2.07. The van der Waals surface area contributed by atoms with Gasteiger partial charge in [0.2, 0.25) is 5.95 Å². The van der Waals surface area contributed by atoms with E-state index >= 15 is 0 Å². The van der Waals surface area contributed by atoms with Gasteiger partial charge in [0.25, 0.3) is 0 Å². The Kier molecular flexibility index (Phi) is 5.76. The number of hydrogen-bond donors (Lipinski definition) is 2. The van der Waals surface area contributed by atoms with Crippen molar-refractivity contribution < 1.29 is 9.47 Å². The topological polar surface area (TPSA) is 68.3 Å². The molecule has 0 amide bonds. The summed E-state index contributed by atoms with van der Waals surface area (Å²) in [6.07, 6.45) is 0. The van der Waals surface area contributed by atoms with Crippen molar-refractivity contribution in [3.8, 4) is 11.5 Å². The lowest BCUT2D eigenvalue weighted by Crippen LogP contribution is -2.05. The van der Waals surface area contributed by atoms with Gasteiger partial charge >= 0.3 is 0 Å². The van der Waals surface area contributed by atoms with Gasteiger partial charge in [-0.15, -0.1) is 0 Å². The molecule has 27 heavy (non-hydrogen) atoms. The quantitative estimate of drug-likeness (QED) is 0.645. The zero-order valence-electron chi connectivity index (χ0n) is 16.0. The van der Waals surface area contributed by atoms with Crippen LogP contribution in [0.3, 0.4) is 0 Å². The van der Waals surface area contributed by atoms with E-state index in [2.05, 4.69) is 51.8 Å². The van der Waals surface area contributed by atoms with Gasteiger partial charge in [-0.05, 0) is 31.5 Å². The first-order valence-electron chi connectivity index (χ1n) is 8.71. The van der Waals surface area contributed by atoms with Crippen molar-refractivity contribution in [2.24, 2.45) is 0 Å². The molecule has 1 heterocycles. The van der Waals surface area contributed by atoms with Gasteiger partial charge in [0.15, 0.2) is 11.5 Å². The van der Waals surface area contributed by atoms with Gasteiger partial charge in [-0.3, -0.25) is 0 Å². The van der Waals surface area contributed by atoms with Crippen LogP contribution >= 0.6 is 0 Å². The molecule has 0 saturated carbocycles. The molecular formula is C21H24N4O2. The molecule has 0 spiro atoms. The van der Waals surface area contributed by atoms with Gasteiger partial charge in [-0.25, -0.2) is 4.98 Å². The lowest BCUT2D eigenvalue weighted by Gasteiger charge is -2.12. The second kappa shape index (κ2) is 8.40. The van der Waals surface area contributed by atoms with E-state index in [4.69, 9.17) is 9.47 Å². The molecular weight excluding hydrogens is 340 g/mol. The third-order valence-electron chi connectivity index (χ3n) is 4.09. The van der Waals surface area contributed by atoms with Gasteiger partial charge in [-0.1, -0.05) is 29.8 Å². The molecule has 6 nitrogen and oxygen atoms in total. The number of ether oxygens (including phenoxy) is 2. The monoisotopic (exact) mass is 364 g/mol. The Bertz CT molecular complexity index is 911. The molecule has 2 aromatic carbocycles. The van der Waals surface area contributed by atoms with Crippen molar-refractivity contribution in [2.75, 3.05) is 24.9 Å².